The third-order valence-corrected chi connectivity index (χ3v) is 6.58. The number of hydrogen-bond acceptors (Lipinski definition) is 4. The Bertz CT molecular complexity index is 971. The van der Waals surface area contributed by atoms with E-state index >= 15 is 0 Å². The second-order valence-electron chi connectivity index (χ2n) is 8.73. The molecule has 2 N–H and O–H groups in total. The van der Waals surface area contributed by atoms with Crippen LogP contribution in [0.1, 0.15) is 65.3 Å². The molecule has 1 aliphatic carbocycles. The maximum atomic E-state index is 13.6. The van der Waals surface area contributed by atoms with Crippen LogP contribution in [0.2, 0.25) is 0 Å². The lowest BCUT2D eigenvalue weighted by atomic mass is 9.65. The highest BCUT2D eigenvalue weighted by Gasteiger charge is 2.54. The standard InChI is InChI=1S/C21H22F3N3O4/c1-20(7-2-8-20)19(21(22,23)24)26-16(29)11-3-4-13-12(9-11)10-27(18(13)31)14-5-6-15(28)25-17(14)30/h3-4,9,14,19H,2,5-8,10H2,1H3,(H,26,29)(H,25,28,30)/t14?,19-/m1/s1. The van der Waals surface area contributed by atoms with Crippen LogP contribution in [0.4, 0.5) is 13.2 Å². The molecular formula is C21H22F3N3O4. The Labute approximate surface area is 176 Å². The van der Waals surface area contributed by atoms with Crippen molar-refractivity contribution < 1.29 is 32.3 Å². The molecule has 0 radical (unpaired) electrons. The van der Waals surface area contributed by atoms with Crippen molar-refractivity contribution in [3.63, 3.8) is 0 Å². The average Bonchev–Trinajstić information content (AvgIpc) is 2.99. The van der Waals surface area contributed by atoms with Crippen LogP contribution in [0.3, 0.4) is 0 Å². The fraction of sp³-hybridized carbons (Fsp3) is 0.524. The monoisotopic (exact) mass is 437 g/mol. The Morgan fingerprint density at radius 1 is 1.26 bits per heavy atom. The predicted molar refractivity (Wildman–Crippen MR) is 102 cm³/mol. The van der Waals surface area contributed by atoms with Crippen LogP contribution < -0.4 is 10.6 Å². The van der Waals surface area contributed by atoms with Crippen molar-refractivity contribution in [3.8, 4) is 0 Å². The maximum absolute atomic E-state index is 13.6. The first-order valence-corrected chi connectivity index (χ1v) is 10.1. The molecule has 2 fully saturated rings. The Morgan fingerprint density at radius 3 is 2.55 bits per heavy atom. The third-order valence-electron chi connectivity index (χ3n) is 6.58. The fourth-order valence-corrected chi connectivity index (χ4v) is 4.60. The Kier molecular flexibility index (Phi) is 5.06. The van der Waals surface area contributed by atoms with Crippen LogP contribution in [0.15, 0.2) is 18.2 Å². The number of imide groups is 1. The molecular weight excluding hydrogens is 415 g/mol. The van der Waals surface area contributed by atoms with Crippen LogP contribution in [0, 0.1) is 5.41 Å². The number of nitrogens with zero attached hydrogens (tertiary/aromatic N) is 1. The van der Waals surface area contributed by atoms with Gasteiger partial charge in [-0.3, -0.25) is 24.5 Å². The van der Waals surface area contributed by atoms with Crippen LogP contribution in [0.25, 0.3) is 0 Å². The lowest BCUT2D eigenvalue weighted by Gasteiger charge is -2.45. The van der Waals surface area contributed by atoms with E-state index in [2.05, 4.69) is 10.6 Å². The predicted octanol–water partition coefficient (Wildman–Crippen LogP) is 2.30. The van der Waals surface area contributed by atoms with Crippen LogP contribution in [-0.2, 0) is 16.1 Å². The normalized spacial score (nSPS) is 23.7. The molecule has 0 bridgehead atoms. The highest BCUT2D eigenvalue weighted by molar-refractivity contribution is 6.06. The van der Waals surface area contributed by atoms with Gasteiger partial charge in [-0.05, 0) is 48.4 Å². The van der Waals surface area contributed by atoms with E-state index < -0.39 is 47.3 Å². The molecule has 31 heavy (non-hydrogen) atoms. The van der Waals surface area contributed by atoms with Gasteiger partial charge in [-0.2, -0.15) is 13.2 Å². The Morgan fingerprint density at radius 2 is 1.97 bits per heavy atom. The molecule has 2 aliphatic heterocycles. The van der Waals surface area contributed by atoms with Crippen LogP contribution >= 0.6 is 0 Å². The van der Waals surface area contributed by atoms with Crippen molar-refractivity contribution in [2.45, 2.75) is 63.8 Å². The number of piperidine rings is 1. The molecule has 0 aromatic heterocycles. The molecule has 1 saturated heterocycles. The molecule has 3 aliphatic rings. The number of nitrogens with one attached hydrogen (secondary N) is 2. The number of amides is 4. The van der Waals surface area contributed by atoms with Gasteiger partial charge in [0, 0.05) is 24.1 Å². The van der Waals surface area contributed by atoms with Gasteiger partial charge in [0.1, 0.15) is 12.1 Å². The number of fused-ring (bicyclic) bond motifs is 1. The van der Waals surface area contributed by atoms with Gasteiger partial charge in [0.05, 0.1) is 0 Å². The number of rotatable bonds is 4. The minimum absolute atomic E-state index is 0.0221. The zero-order chi connectivity index (χ0) is 22.6. The number of carbonyl (C=O) groups excluding carboxylic acids is 4. The topological polar surface area (TPSA) is 95.6 Å². The van der Waals surface area contributed by atoms with E-state index in [0.717, 1.165) is 0 Å². The van der Waals surface area contributed by atoms with Crippen LogP contribution in [0.5, 0.6) is 0 Å². The molecule has 4 rings (SSSR count). The van der Waals surface area contributed by atoms with E-state index in [9.17, 15) is 32.3 Å². The highest BCUT2D eigenvalue weighted by atomic mass is 19.4. The minimum Gasteiger partial charge on any atom is -0.340 e. The van der Waals surface area contributed by atoms with Crippen molar-refractivity contribution in [1.82, 2.24) is 15.5 Å². The van der Waals surface area contributed by atoms with Crippen LogP contribution in [-0.4, -0.2) is 46.8 Å². The van der Waals surface area contributed by atoms with Crippen molar-refractivity contribution in [2.75, 3.05) is 0 Å². The van der Waals surface area contributed by atoms with E-state index in [0.29, 0.717) is 30.4 Å². The lowest BCUT2D eigenvalue weighted by molar-refractivity contribution is -0.190. The largest absolute Gasteiger partial charge is 0.409 e. The molecule has 7 nitrogen and oxygen atoms in total. The maximum Gasteiger partial charge on any atom is 0.409 e. The van der Waals surface area contributed by atoms with Gasteiger partial charge in [0.2, 0.25) is 11.8 Å². The summed E-state index contributed by atoms with van der Waals surface area (Å²) in [6.45, 7) is 1.57. The minimum atomic E-state index is -4.57. The summed E-state index contributed by atoms with van der Waals surface area (Å²) in [7, 11) is 0. The summed E-state index contributed by atoms with van der Waals surface area (Å²) in [6, 6.07) is 1.35. The molecule has 1 aromatic rings. The van der Waals surface area contributed by atoms with Gasteiger partial charge in [-0.1, -0.05) is 13.3 Å². The van der Waals surface area contributed by atoms with Gasteiger partial charge in [-0.25, -0.2) is 0 Å². The molecule has 166 valence electrons. The zero-order valence-corrected chi connectivity index (χ0v) is 16.8. The highest BCUT2D eigenvalue weighted by Crippen LogP contribution is 2.48. The fourth-order valence-electron chi connectivity index (χ4n) is 4.60. The zero-order valence-electron chi connectivity index (χ0n) is 16.8. The second kappa shape index (κ2) is 7.35. The number of halogens is 3. The summed E-state index contributed by atoms with van der Waals surface area (Å²) < 4.78 is 40.7. The van der Waals surface area contributed by atoms with Crippen molar-refractivity contribution in [2.24, 2.45) is 5.41 Å². The van der Waals surface area contributed by atoms with Crippen molar-refractivity contribution >= 4 is 23.6 Å². The molecule has 2 heterocycles. The second-order valence-corrected chi connectivity index (χ2v) is 8.73. The van der Waals surface area contributed by atoms with E-state index in [-0.39, 0.29) is 24.9 Å². The van der Waals surface area contributed by atoms with E-state index in [4.69, 9.17) is 0 Å². The first kappa shape index (κ1) is 21.3. The number of carbonyl (C=O) groups is 4. The molecule has 0 spiro atoms. The summed E-state index contributed by atoms with van der Waals surface area (Å²) in [5.41, 5.74) is -0.252. The summed E-state index contributed by atoms with van der Waals surface area (Å²) in [4.78, 5) is 50.1. The number of alkyl halides is 3. The van der Waals surface area contributed by atoms with Gasteiger partial charge in [-0.15, -0.1) is 0 Å². The Balaban J connectivity index is 1.52. The van der Waals surface area contributed by atoms with E-state index in [1.54, 1.807) is 0 Å². The average molecular weight is 437 g/mol. The summed E-state index contributed by atoms with van der Waals surface area (Å²) in [6.07, 6.45) is -2.80. The van der Waals surface area contributed by atoms with E-state index in [1.807, 2.05) is 0 Å². The number of hydrogen-bond donors (Lipinski definition) is 2. The van der Waals surface area contributed by atoms with Gasteiger partial charge in [0.25, 0.3) is 11.8 Å². The quantitative estimate of drug-likeness (QED) is 0.707. The lowest BCUT2D eigenvalue weighted by Crippen LogP contribution is -2.57. The Hall–Kier alpha value is -2.91. The first-order valence-electron chi connectivity index (χ1n) is 10.1. The molecule has 1 aromatic carbocycles. The number of benzene rings is 1. The molecule has 1 saturated carbocycles. The SMILES string of the molecule is CC1([C@@H](NC(=O)c2ccc3c(c2)CN(C2CCC(=O)NC2=O)C3=O)C(F)(F)F)CCC1. The third kappa shape index (κ3) is 3.79. The summed E-state index contributed by atoms with van der Waals surface area (Å²) in [5.74, 6) is -2.22. The summed E-state index contributed by atoms with van der Waals surface area (Å²) >= 11 is 0. The molecule has 2 atom stereocenters. The van der Waals surface area contributed by atoms with Gasteiger partial charge in [0.15, 0.2) is 0 Å². The van der Waals surface area contributed by atoms with Gasteiger partial charge >= 0.3 is 6.18 Å². The summed E-state index contributed by atoms with van der Waals surface area (Å²) in [5, 5.41) is 4.34. The molecule has 1 unspecified atom stereocenters. The van der Waals surface area contributed by atoms with Crippen molar-refractivity contribution in [1.29, 1.82) is 0 Å². The van der Waals surface area contributed by atoms with Gasteiger partial charge < -0.3 is 10.2 Å². The smallest absolute Gasteiger partial charge is 0.340 e. The van der Waals surface area contributed by atoms with Crippen molar-refractivity contribution in [3.05, 3.63) is 34.9 Å². The molecule has 4 amide bonds. The van der Waals surface area contributed by atoms with E-state index in [1.165, 1.54) is 30.0 Å². The molecule has 10 heteroatoms. The first-order chi connectivity index (χ1) is 14.5.